The van der Waals surface area contributed by atoms with Crippen LogP contribution in [0, 0.1) is 0 Å². The van der Waals surface area contributed by atoms with Gasteiger partial charge in [-0.15, -0.1) is 0 Å². The first-order chi connectivity index (χ1) is 10.6. The molecule has 0 unspecified atom stereocenters. The van der Waals surface area contributed by atoms with Crippen molar-refractivity contribution in [3.63, 3.8) is 0 Å². The van der Waals surface area contributed by atoms with Crippen molar-refractivity contribution >= 4 is 10.0 Å². The van der Waals surface area contributed by atoms with E-state index in [1.54, 1.807) is 12.5 Å². The van der Waals surface area contributed by atoms with Crippen molar-refractivity contribution in [1.82, 2.24) is 9.71 Å². The van der Waals surface area contributed by atoms with Crippen molar-refractivity contribution in [2.45, 2.75) is 43.9 Å². The van der Waals surface area contributed by atoms with Crippen LogP contribution < -0.4 is 4.72 Å². The minimum Gasteiger partial charge on any atom is -0.463 e. The van der Waals surface area contributed by atoms with E-state index in [-0.39, 0.29) is 11.8 Å². The standard InChI is InChI=1S/C16H20N2O3S/c19-22(20,14-5-2-1-3-6-14)18-12-13-8-9-15(17-11-13)16-7-4-10-21-16/h4,7-11,14,18H,1-3,5-6,12H2. The third-order valence-electron chi connectivity index (χ3n) is 4.07. The fraction of sp³-hybridized carbons (Fsp3) is 0.438. The SMILES string of the molecule is O=S(=O)(NCc1ccc(-c2ccco2)nc1)C1CCCCC1. The van der Waals surface area contributed by atoms with Gasteiger partial charge in [0.1, 0.15) is 5.69 Å². The first-order valence-corrected chi connectivity index (χ1v) is 9.17. The van der Waals surface area contributed by atoms with E-state index in [2.05, 4.69) is 9.71 Å². The number of hydrogen-bond acceptors (Lipinski definition) is 4. The lowest BCUT2D eigenvalue weighted by atomic mass is 10.0. The summed E-state index contributed by atoms with van der Waals surface area (Å²) >= 11 is 0. The van der Waals surface area contributed by atoms with Gasteiger partial charge in [-0.3, -0.25) is 4.98 Å². The number of hydrogen-bond donors (Lipinski definition) is 1. The van der Waals surface area contributed by atoms with E-state index in [9.17, 15) is 8.42 Å². The normalized spacial score (nSPS) is 16.7. The van der Waals surface area contributed by atoms with Gasteiger partial charge >= 0.3 is 0 Å². The Hall–Kier alpha value is -1.66. The van der Waals surface area contributed by atoms with Crippen LogP contribution in [-0.4, -0.2) is 18.7 Å². The van der Waals surface area contributed by atoms with Crippen LogP contribution >= 0.6 is 0 Å². The topological polar surface area (TPSA) is 72.2 Å². The molecule has 0 aromatic carbocycles. The Labute approximate surface area is 130 Å². The van der Waals surface area contributed by atoms with Crippen molar-refractivity contribution in [2.24, 2.45) is 0 Å². The van der Waals surface area contributed by atoms with Gasteiger partial charge in [0.2, 0.25) is 10.0 Å². The molecule has 0 spiro atoms. The maximum absolute atomic E-state index is 12.3. The second-order valence-corrected chi connectivity index (χ2v) is 7.70. The predicted molar refractivity (Wildman–Crippen MR) is 84.6 cm³/mol. The summed E-state index contributed by atoms with van der Waals surface area (Å²) in [6.07, 6.45) is 7.97. The second-order valence-electron chi connectivity index (χ2n) is 5.66. The van der Waals surface area contributed by atoms with Crippen LogP contribution in [0.2, 0.25) is 0 Å². The van der Waals surface area contributed by atoms with Gasteiger partial charge < -0.3 is 4.42 Å². The highest BCUT2D eigenvalue weighted by Crippen LogP contribution is 2.23. The molecule has 2 aromatic rings. The van der Waals surface area contributed by atoms with Gasteiger partial charge in [0.25, 0.3) is 0 Å². The molecule has 0 bridgehead atoms. The molecule has 0 saturated heterocycles. The summed E-state index contributed by atoms with van der Waals surface area (Å²) in [5.74, 6) is 0.703. The van der Waals surface area contributed by atoms with E-state index < -0.39 is 10.0 Å². The van der Waals surface area contributed by atoms with Crippen LogP contribution in [0.1, 0.15) is 37.7 Å². The second kappa shape index (κ2) is 6.62. The third kappa shape index (κ3) is 3.56. The molecular weight excluding hydrogens is 300 g/mol. The molecule has 2 heterocycles. The van der Waals surface area contributed by atoms with Gasteiger partial charge in [-0.25, -0.2) is 13.1 Å². The molecule has 22 heavy (non-hydrogen) atoms. The third-order valence-corrected chi connectivity index (χ3v) is 5.96. The summed E-state index contributed by atoms with van der Waals surface area (Å²) in [6.45, 7) is 0.282. The Balaban J connectivity index is 1.61. The predicted octanol–water partition coefficient (Wildman–Crippen LogP) is 3.09. The van der Waals surface area contributed by atoms with Crippen molar-refractivity contribution < 1.29 is 12.8 Å². The van der Waals surface area contributed by atoms with Gasteiger partial charge in [0.15, 0.2) is 5.76 Å². The molecule has 2 aromatic heterocycles. The highest BCUT2D eigenvalue weighted by atomic mass is 32.2. The highest BCUT2D eigenvalue weighted by molar-refractivity contribution is 7.90. The van der Waals surface area contributed by atoms with Crippen molar-refractivity contribution in [3.8, 4) is 11.5 Å². The molecule has 1 fully saturated rings. The fourth-order valence-electron chi connectivity index (χ4n) is 2.78. The van der Waals surface area contributed by atoms with Crippen LogP contribution in [0.5, 0.6) is 0 Å². The monoisotopic (exact) mass is 320 g/mol. The molecule has 6 heteroatoms. The summed E-state index contributed by atoms with van der Waals surface area (Å²) in [5, 5.41) is -0.239. The Morgan fingerprint density at radius 3 is 2.64 bits per heavy atom. The first-order valence-electron chi connectivity index (χ1n) is 7.62. The van der Waals surface area contributed by atoms with Crippen molar-refractivity contribution in [3.05, 3.63) is 42.3 Å². The number of rotatable bonds is 5. The smallest absolute Gasteiger partial charge is 0.214 e. The molecule has 118 valence electrons. The summed E-state index contributed by atoms with van der Waals surface area (Å²) < 4.78 is 32.5. The highest BCUT2D eigenvalue weighted by Gasteiger charge is 2.26. The molecule has 3 rings (SSSR count). The van der Waals surface area contributed by atoms with E-state index in [0.29, 0.717) is 5.76 Å². The minimum absolute atomic E-state index is 0.239. The molecule has 1 N–H and O–H groups in total. The van der Waals surface area contributed by atoms with E-state index >= 15 is 0 Å². The van der Waals surface area contributed by atoms with Crippen molar-refractivity contribution in [1.29, 1.82) is 0 Å². The lowest BCUT2D eigenvalue weighted by molar-refractivity contribution is 0.477. The number of furan rings is 1. The van der Waals surface area contributed by atoms with Crippen LogP contribution in [0.4, 0.5) is 0 Å². The van der Waals surface area contributed by atoms with Gasteiger partial charge in [-0.05, 0) is 36.6 Å². The average molecular weight is 320 g/mol. The van der Waals surface area contributed by atoms with Gasteiger partial charge in [0, 0.05) is 12.7 Å². The Bertz CT molecular complexity index is 688. The van der Waals surface area contributed by atoms with E-state index in [1.807, 2.05) is 24.3 Å². The summed E-state index contributed by atoms with van der Waals surface area (Å²) in [5.41, 5.74) is 1.58. The molecule has 0 atom stereocenters. The zero-order chi connectivity index (χ0) is 15.4. The van der Waals surface area contributed by atoms with E-state index in [0.717, 1.165) is 43.4 Å². The Morgan fingerprint density at radius 1 is 1.18 bits per heavy atom. The molecule has 0 amide bonds. The zero-order valence-electron chi connectivity index (χ0n) is 12.4. The first kappa shape index (κ1) is 15.2. The van der Waals surface area contributed by atoms with Crippen LogP contribution in [0.3, 0.4) is 0 Å². The minimum atomic E-state index is -3.23. The number of pyridine rings is 1. The molecule has 1 saturated carbocycles. The fourth-order valence-corrected chi connectivity index (χ4v) is 4.33. The summed E-state index contributed by atoms with van der Waals surface area (Å²) in [7, 11) is -3.23. The summed E-state index contributed by atoms with van der Waals surface area (Å²) in [4.78, 5) is 4.31. The van der Waals surface area contributed by atoms with Crippen LogP contribution in [0.15, 0.2) is 41.1 Å². The Morgan fingerprint density at radius 2 is 2.00 bits per heavy atom. The molecular formula is C16H20N2O3S. The van der Waals surface area contributed by atoms with Crippen molar-refractivity contribution in [2.75, 3.05) is 0 Å². The average Bonchev–Trinajstić information content (AvgIpc) is 3.09. The van der Waals surface area contributed by atoms with Crippen LogP contribution in [0.25, 0.3) is 11.5 Å². The lowest BCUT2D eigenvalue weighted by Gasteiger charge is -2.21. The molecule has 5 nitrogen and oxygen atoms in total. The van der Waals surface area contributed by atoms with E-state index in [4.69, 9.17) is 4.42 Å². The maximum atomic E-state index is 12.3. The maximum Gasteiger partial charge on any atom is 0.214 e. The summed E-state index contributed by atoms with van der Waals surface area (Å²) in [6, 6.07) is 7.36. The lowest BCUT2D eigenvalue weighted by Crippen LogP contribution is -2.35. The molecule has 1 aliphatic carbocycles. The van der Waals surface area contributed by atoms with Gasteiger partial charge in [-0.1, -0.05) is 25.3 Å². The number of nitrogens with one attached hydrogen (secondary N) is 1. The molecule has 1 aliphatic rings. The van der Waals surface area contributed by atoms with Crippen LogP contribution in [-0.2, 0) is 16.6 Å². The number of sulfonamides is 1. The zero-order valence-corrected chi connectivity index (χ0v) is 13.2. The molecule has 0 radical (unpaired) electrons. The van der Waals surface area contributed by atoms with Gasteiger partial charge in [-0.2, -0.15) is 0 Å². The van der Waals surface area contributed by atoms with Gasteiger partial charge in [0.05, 0.1) is 11.5 Å². The molecule has 0 aliphatic heterocycles. The largest absolute Gasteiger partial charge is 0.463 e. The van der Waals surface area contributed by atoms with E-state index in [1.165, 1.54) is 0 Å². The number of aromatic nitrogens is 1. The quantitative estimate of drug-likeness (QED) is 0.919. The Kier molecular flexibility index (Phi) is 4.59. The number of nitrogens with zero attached hydrogens (tertiary/aromatic N) is 1.